The van der Waals surface area contributed by atoms with Crippen LogP contribution in [0.5, 0.6) is 0 Å². The number of nitrogens with one attached hydrogen (secondary N) is 2. The Balaban J connectivity index is 1.49. The molecular weight excluding hydrogens is 316 g/mol. The van der Waals surface area contributed by atoms with E-state index in [0.29, 0.717) is 11.9 Å². The third-order valence-corrected chi connectivity index (χ3v) is 4.96. The molecule has 25 heavy (non-hydrogen) atoms. The molecule has 2 saturated heterocycles. The lowest BCUT2D eigenvalue weighted by molar-refractivity contribution is 0.0984. The molecule has 2 aliphatic rings. The minimum absolute atomic E-state index is 0.114. The lowest BCUT2D eigenvalue weighted by Gasteiger charge is -2.20. The summed E-state index contributed by atoms with van der Waals surface area (Å²) in [6.07, 6.45) is 3.56. The van der Waals surface area contributed by atoms with Crippen LogP contribution in [0.2, 0.25) is 0 Å². The van der Waals surface area contributed by atoms with Crippen LogP contribution in [0.3, 0.4) is 0 Å². The largest absolute Gasteiger partial charge is 0.373 e. The molecule has 2 aliphatic heterocycles. The standard InChI is InChI=1S/C19H24N4O2/c1-12(2)23-18(11-15(22-23)13-6-4-3-5-7-13)21-19(24)20-16-10-14-8-9-17(16)25-14/h3-7,11-12,14,16-17H,8-10H2,1-2H3,(H2,20,21,24)/t14-,16-,17-/m1/s1. The Hall–Kier alpha value is -2.34. The molecule has 2 bridgehead atoms. The van der Waals surface area contributed by atoms with Crippen LogP contribution >= 0.6 is 0 Å². The maximum absolute atomic E-state index is 12.4. The first-order valence-corrected chi connectivity index (χ1v) is 8.98. The zero-order chi connectivity index (χ0) is 17.4. The van der Waals surface area contributed by atoms with Gasteiger partial charge < -0.3 is 10.1 Å². The van der Waals surface area contributed by atoms with E-state index < -0.39 is 0 Å². The summed E-state index contributed by atoms with van der Waals surface area (Å²) in [4.78, 5) is 12.4. The predicted molar refractivity (Wildman–Crippen MR) is 96.5 cm³/mol. The molecule has 0 unspecified atom stereocenters. The summed E-state index contributed by atoms with van der Waals surface area (Å²) in [6, 6.07) is 12.0. The number of nitrogens with zero attached hydrogens (tertiary/aromatic N) is 2. The van der Waals surface area contributed by atoms with Crippen molar-refractivity contribution in [3.63, 3.8) is 0 Å². The normalized spacial score (nSPS) is 24.7. The second-order valence-electron chi connectivity index (χ2n) is 7.13. The maximum Gasteiger partial charge on any atom is 0.320 e. The number of anilines is 1. The molecule has 2 amide bonds. The van der Waals surface area contributed by atoms with Gasteiger partial charge in [-0.15, -0.1) is 0 Å². The molecule has 0 saturated carbocycles. The minimum Gasteiger partial charge on any atom is -0.373 e. The predicted octanol–water partition coefficient (Wildman–Crippen LogP) is 3.57. The second kappa shape index (κ2) is 6.52. The number of carbonyl (C=O) groups is 1. The van der Waals surface area contributed by atoms with Gasteiger partial charge in [-0.3, -0.25) is 5.32 Å². The molecule has 2 fully saturated rings. The molecule has 0 spiro atoms. The Morgan fingerprint density at radius 2 is 2.08 bits per heavy atom. The maximum atomic E-state index is 12.4. The summed E-state index contributed by atoms with van der Waals surface area (Å²) < 4.78 is 7.65. The van der Waals surface area contributed by atoms with Crippen molar-refractivity contribution >= 4 is 11.8 Å². The quantitative estimate of drug-likeness (QED) is 0.894. The Morgan fingerprint density at radius 1 is 1.28 bits per heavy atom. The van der Waals surface area contributed by atoms with Crippen molar-refractivity contribution in [3.8, 4) is 11.3 Å². The third-order valence-electron chi connectivity index (χ3n) is 4.96. The van der Waals surface area contributed by atoms with E-state index >= 15 is 0 Å². The third kappa shape index (κ3) is 3.26. The van der Waals surface area contributed by atoms with E-state index in [9.17, 15) is 4.79 Å². The molecule has 1 aromatic carbocycles. The number of benzene rings is 1. The van der Waals surface area contributed by atoms with E-state index in [1.807, 2.05) is 41.1 Å². The Kier molecular flexibility index (Phi) is 4.21. The van der Waals surface area contributed by atoms with Crippen molar-refractivity contribution in [2.75, 3.05) is 5.32 Å². The molecule has 2 aromatic rings. The first-order valence-electron chi connectivity index (χ1n) is 8.98. The first kappa shape index (κ1) is 16.1. The van der Waals surface area contributed by atoms with E-state index in [1.165, 1.54) is 0 Å². The van der Waals surface area contributed by atoms with Crippen molar-refractivity contribution in [1.29, 1.82) is 0 Å². The van der Waals surface area contributed by atoms with Gasteiger partial charge in [-0.2, -0.15) is 5.10 Å². The fraction of sp³-hybridized carbons (Fsp3) is 0.474. The molecule has 3 heterocycles. The summed E-state index contributed by atoms with van der Waals surface area (Å²) >= 11 is 0. The smallest absolute Gasteiger partial charge is 0.320 e. The molecule has 6 heteroatoms. The molecule has 2 N–H and O–H groups in total. The Morgan fingerprint density at radius 3 is 2.72 bits per heavy atom. The molecule has 4 rings (SSSR count). The van der Waals surface area contributed by atoms with Gasteiger partial charge in [-0.1, -0.05) is 30.3 Å². The van der Waals surface area contributed by atoms with Crippen molar-refractivity contribution in [1.82, 2.24) is 15.1 Å². The number of hydrogen-bond acceptors (Lipinski definition) is 3. The summed E-state index contributed by atoms with van der Waals surface area (Å²) in [5, 5.41) is 10.7. The lowest BCUT2D eigenvalue weighted by atomic mass is 9.96. The molecule has 0 radical (unpaired) electrons. The number of carbonyl (C=O) groups excluding carboxylic acids is 1. The van der Waals surface area contributed by atoms with E-state index in [-0.39, 0.29) is 24.2 Å². The van der Waals surface area contributed by atoms with Crippen molar-refractivity contribution < 1.29 is 9.53 Å². The highest BCUT2D eigenvalue weighted by molar-refractivity contribution is 5.89. The molecule has 3 atom stereocenters. The number of fused-ring (bicyclic) bond motifs is 2. The summed E-state index contributed by atoms with van der Waals surface area (Å²) in [5.74, 6) is 0.704. The van der Waals surface area contributed by atoms with Crippen LogP contribution in [-0.2, 0) is 4.74 Å². The van der Waals surface area contributed by atoms with Gasteiger partial charge in [0.05, 0.1) is 23.9 Å². The average molecular weight is 340 g/mol. The van der Waals surface area contributed by atoms with Gasteiger partial charge in [0.2, 0.25) is 0 Å². The van der Waals surface area contributed by atoms with Gasteiger partial charge in [0.15, 0.2) is 0 Å². The molecule has 1 aromatic heterocycles. The molecule has 0 aliphatic carbocycles. The lowest BCUT2D eigenvalue weighted by Crippen LogP contribution is -2.43. The topological polar surface area (TPSA) is 68.2 Å². The van der Waals surface area contributed by atoms with Crippen LogP contribution in [0.4, 0.5) is 10.6 Å². The van der Waals surface area contributed by atoms with E-state index in [4.69, 9.17) is 4.74 Å². The molecular formula is C19H24N4O2. The van der Waals surface area contributed by atoms with Gasteiger partial charge >= 0.3 is 6.03 Å². The van der Waals surface area contributed by atoms with E-state index in [0.717, 1.165) is 30.5 Å². The Labute approximate surface area is 147 Å². The highest BCUT2D eigenvalue weighted by Crippen LogP contribution is 2.34. The van der Waals surface area contributed by atoms with E-state index in [1.54, 1.807) is 0 Å². The number of ether oxygens (including phenoxy) is 1. The van der Waals surface area contributed by atoms with E-state index in [2.05, 4.69) is 29.6 Å². The van der Waals surface area contributed by atoms with Crippen molar-refractivity contribution in [2.24, 2.45) is 0 Å². The van der Waals surface area contributed by atoms with Gasteiger partial charge in [0.1, 0.15) is 5.82 Å². The minimum atomic E-state index is -0.192. The fourth-order valence-corrected chi connectivity index (χ4v) is 3.74. The van der Waals surface area contributed by atoms with Crippen molar-refractivity contribution in [3.05, 3.63) is 36.4 Å². The SMILES string of the molecule is CC(C)n1nc(-c2ccccc2)cc1NC(=O)N[C@@H]1C[C@H]2CC[C@H]1O2. The monoisotopic (exact) mass is 340 g/mol. The highest BCUT2D eigenvalue weighted by atomic mass is 16.5. The highest BCUT2D eigenvalue weighted by Gasteiger charge is 2.41. The molecule has 132 valence electrons. The zero-order valence-corrected chi connectivity index (χ0v) is 14.6. The number of rotatable bonds is 4. The Bertz CT molecular complexity index is 756. The number of aromatic nitrogens is 2. The van der Waals surface area contributed by atoms with Gasteiger partial charge in [-0.05, 0) is 33.1 Å². The van der Waals surface area contributed by atoms with Crippen LogP contribution in [0, 0.1) is 0 Å². The summed E-state index contributed by atoms with van der Waals surface area (Å²) in [5.41, 5.74) is 1.89. The molecule has 6 nitrogen and oxygen atoms in total. The van der Waals surface area contributed by atoms with Crippen LogP contribution in [-0.4, -0.2) is 34.1 Å². The summed E-state index contributed by atoms with van der Waals surface area (Å²) in [6.45, 7) is 4.10. The second-order valence-corrected chi connectivity index (χ2v) is 7.13. The first-order chi connectivity index (χ1) is 12.1. The average Bonchev–Trinajstić information content (AvgIpc) is 3.30. The fourth-order valence-electron chi connectivity index (χ4n) is 3.74. The summed E-state index contributed by atoms with van der Waals surface area (Å²) in [7, 11) is 0. The van der Waals surface area contributed by atoms with Gasteiger partial charge in [0.25, 0.3) is 0 Å². The van der Waals surface area contributed by atoms with Crippen LogP contribution in [0.25, 0.3) is 11.3 Å². The zero-order valence-electron chi connectivity index (χ0n) is 14.6. The van der Waals surface area contributed by atoms with Crippen LogP contribution < -0.4 is 10.6 Å². The van der Waals surface area contributed by atoms with Gasteiger partial charge in [0, 0.05) is 17.7 Å². The number of amides is 2. The van der Waals surface area contributed by atoms with Gasteiger partial charge in [-0.25, -0.2) is 9.48 Å². The van der Waals surface area contributed by atoms with Crippen molar-refractivity contribution in [2.45, 2.75) is 57.4 Å². The number of urea groups is 1. The van der Waals surface area contributed by atoms with Crippen LogP contribution in [0.15, 0.2) is 36.4 Å². The number of hydrogen-bond donors (Lipinski definition) is 2. The van der Waals surface area contributed by atoms with Crippen LogP contribution in [0.1, 0.15) is 39.2 Å².